The molecule has 2 rings (SSSR count). The van der Waals surface area contributed by atoms with Crippen molar-refractivity contribution in [1.82, 2.24) is 4.98 Å². The number of anilines is 1. The van der Waals surface area contributed by atoms with E-state index < -0.39 is 11.6 Å². The number of pyridine rings is 1. The van der Waals surface area contributed by atoms with Gasteiger partial charge in [-0.2, -0.15) is 0 Å². The van der Waals surface area contributed by atoms with Crippen molar-refractivity contribution in [3.63, 3.8) is 0 Å². The molecule has 2 heterocycles. The number of aromatic nitrogens is 1. The zero-order valence-corrected chi connectivity index (χ0v) is 8.29. The van der Waals surface area contributed by atoms with Gasteiger partial charge in [-0.1, -0.05) is 0 Å². The first kappa shape index (κ1) is 10.3. The topological polar surface area (TPSA) is 42.1 Å². The molecule has 15 heavy (non-hydrogen) atoms. The zero-order valence-electron chi connectivity index (χ0n) is 8.29. The molecule has 3 nitrogen and oxygen atoms in total. The summed E-state index contributed by atoms with van der Waals surface area (Å²) in [7, 11) is 0. The van der Waals surface area contributed by atoms with E-state index in [9.17, 15) is 8.78 Å². The Kier molecular flexibility index (Phi) is 2.81. The molecule has 82 valence electrons. The minimum Gasteiger partial charge on any atom is -0.350 e. The fraction of sp³-hybridized carbons (Fsp3) is 0.500. The Balaban J connectivity index is 2.28. The van der Waals surface area contributed by atoms with Crippen LogP contribution in [0.15, 0.2) is 12.3 Å². The molecule has 0 aromatic carbocycles. The number of rotatable bonds is 2. The van der Waals surface area contributed by atoms with Crippen LogP contribution in [-0.4, -0.2) is 24.1 Å². The van der Waals surface area contributed by atoms with Gasteiger partial charge in [0, 0.05) is 25.2 Å². The van der Waals surface area contributed by atoms with Gasteiger partial charge in [-0.05, 0) is 12.8 Å². The zero-order chi connectivity index (χ0) is 10.8. The maximum atomic E-state index is 13.4. The lowest BCUT2D eigenvalue weighted by Gasteiger charge is -2.24. The van der Waals surface area contributed by atoms with Crippen LogP contribution in [0.1, 0.15) is 12.8 Å². The van der Waals surface area contributed by atoms with Gasteiger partial charge >= 0.3 is 0 Å². The van der Waals surface area contributed by atoms with Crippen LogP contribution >= 0.6 is 0 Å². The first-order chi connectivity index (χ1) is 7.22. The summed E-state index contributed by atoms with van der Waals surface area (Å²) in [5.41, 5.74) is 5.58. The van der Waals surface area contributed by atoms with Crippen molar-refractivity contribution in [3.8, 4) is 0 Å². The molecule has 1 aliphatic rings. The molecule has 0 radical (unpaired) electrons. The smallest absolute Gasteiger partial charge is 0.168 e. The molecule has 1 unspecified atom stereocenters. The molecule has 1 aliphatic heterocycles. The van der Waals surface area contributed by atoms with E-state index in [1.54, 1.807) is 0 Å². The normalized spacial score (nSPS) is 21.0. The molecular weight excluding hydrogens is 200 g/mol. The van der Waals surface area contributed by atoms with E-state index in [1.165, 1.54) is 0 Å². The number of halogens is 2. The third kappa shape index (κ3) is 1.92. The summed E-state index contributed by atoms with van der Waals surface area (Å²) in [6.07, 6.45) is 2.94. The monoisotopic (exact) mass is 213 g/mol. The Bertz CT molecular complexity index is 357. The van der Waals surface area contributed by atoms with Crippen LogP contribution in [0, 0.1) is 11.6 Å². The highest BCUT2D eigenvalue weighted by atomic mass is 19.1. The van der Waals surface area contributed by atoms with Crippen molar-refractivity contribution >= 4 is 5.82 Å². The Morgan fingerprint density at radius 1 is 1.53 bits per heavy atom. The van der Waals surface area contributed by atoms with Crippen molar-refractivity contribution in [1.29, 1.82) is 0 Å². The number of nitrogens with zero attached hydrogens (tertiary/aromatic N) is 2. The van der Waals surface area contributed by atoms with Crippen LogP contribution in [0.2, 0.25) is 0 Å². The van der Waals surface area contributed by atoms with Crippen molar-refractivity contribution in [2.24, 2.45) is 5.73 Å². The van der Waals surface area contributed by atoms with Crippen LogP contribution in [0.3, 0.4) is 0 Å². The second-order valence-corrected chi connectivity index (χ2v) is 3.68. The molecule has 1 aromatic rings. The second kappa shape index (κ2) is 4.10. The highest BCUT2D eigenvalue weighted by Crippen LogP contribution is 2.25. The van der Waals surface area contributed by atoms with E-state index >= 15 is 0 Å². The SMILES string of the molecule is NCC1CCCN1c1ncc(F)cc1F. The van der Waals surface area contributed by atoms with Gasteiger partial charge in [-0.25, -0.2) is 13.8 Å². The fourth-order valence-electron chi connectivity index (χ4n) is 1.98. The van der Waals surface area contributed by atoms with Crippen LogP contribution in [0.4, 0.5) is 14.6 Å². The predicted molar refractivity (Wildman–Crippen MR) is 53.6 cm³/mol. The molecule has 0 amide bonds. The van der Waals surface area contributed by atoms with Gasteiger partial charge in [0.2, 0.25) is 0 Å². The van der Waals surface area contributed by atoms with Crippen LogP contribution < -0.4 is 10.6 Å². The van der Waals surface area contributed by atoms with E-state index in [2.05, 4.69) is 4.98 Å². The summed E-state index contributed by atoms with van der Waals surface area (Å²) in [5.74, 6) is -1.06. The van der Waals surface area contributed by atoms with Crippen LogP contribution in [0.25, 0.3) is 0 Å². The third-order valence-electron chi connectivity index (χ3n) is 2.71. The predicted octanol–water partition coefficient (Wildman–Crippen LogP) is 1.29. The Labute approximate surface area is 86.9 Å². The standard InChI is InChI=1S/C10H13F2N3/c11-7-4-9(12)10(14-6-7)15-3-1-2-8(15)5-13/h4,6,8H,1-3,5,13H2. The maximum absolute atomic E-state index is 13.4. The van der Waals surface area contributed by atoms with E-state index in [0.29, 0.717) is 6.54 Å². The number of nitrogens with two attached hydrogens (primary N) is 1. The van der Waals surface area contributed by atoms with Gasteiger partial charge < -0.3 is 10.6 Å². The Hall–Kier alpha value is -1.23. The van der Waals surface area contributed by atoms with Crippen molar-refractivity contribution in [3.05, 3.63) is 23.9 Å². The molecule has 0 aliphatic carbocycles. The first-order valence-corrected chi connectivity index (χ1v) is 5.00. The Morgan fingerprint density at radius 2 is 2.33 bits per heavy atom. The lowest BCUT2D eigenvalue weighted by Crippen LogP contribution is -2.36. The number of hydrogen-bond acceptors (Lipinski definition) is 3. The molecule has 1 saturated heterocycles. The summed E-state index contributed by atoms with van der Waals surface area (Å²) in [6.45, 7) is 1.20. The van der Waals surface area contributed by atoms with Crippen molar-refractivity contribution < 1.29 is 8.78 Å². The molecule has 0 bridgehead atoms. The Morgan fingerprint density at radius 3 is 3.00 bits per heavy atom. The highest BCUT2D eigenvalue weighted by Gasteiger charge is 2.26. The summed E-state index contributed by atoms with van der Waals surface area (Å²) >= 11 is 0. The van der Waals surface area contributed by atoms with Crippen LogP contribution in [0.5, 0.6) is 0 Å². The average molecular weight is 213 g/mol. The highest BCUT2D eigenvalue weighted by molar-refractivity contribution is 5.42. The lowest BCUT2D eigenvalue weighted by atomic mass is 10.2. The van der Waals surface area contributed by atoms with E-state index in [4.69, 9.17) is 5.73 Å². The lowest BCUT2D eigenvalue weighted by molar-refractivity contribution is 0.562. The molecule has 2 N–H and O–H groups in total. The van der Waals surface area contributed by atoms with E-state index in [0.717, 1.165) is 31.6 Å². The quantitative estimate of drug-likeness (QED) is 0.804. The molecule has 1 fully saturated rings. The summed E-state index contributed by atoms with van der Waals surface area (Å²) < 4.78 is 26.1. The first-order valence-electron chi connectivity index (χ1n) is 5.00. The van der Waals surface area contributed by atoms with E-state index in [-0.39, 0.29) is 11.9 Å². The largest absolute Gasteiger partial charge is 0.350 e. The second-order valence-electron chi connectivity index (χ2n) is 3.68. The van der Waals surface area contributed by atoms with Gasteiger partial charge in [0.05, 0.1) is 6.20 Å². The van der Waals surface area contributed by atoms with Gasteiger partial charge in [0.1, 0.15) is 5.82 Å². The van der Waals surface area contributed by atoms with Gasteiger partial charge in [0.15, 0.2) is 11.6 Å². The maximum Gasteiger partial charge on any atom is 0.168 e. The summed E-state index contributed by atoms with van der Waals surface area (Å²) in [5, 5.41) is 0. The van der Waals surface area contributed by atoms with Crippen molar-refractivity contribution in [2.45, 2.75) is 18.9 Å². The molecule has 0 spiro atoms. The molecule has 1 atom stereocenters. The van der Waals surface area contributed by atoms with Crippen molar-refractivity contribution in [2.75, 3.05) is 18.0 Å². The third-order valence-corrected chi connectivity index (χ3v) is 2.71. The van der Waals surface area contributed by atoms with Gasteiger partial charge in [-0.15, -0.1) is 0 Å². The fourth-order valence-corrected chi connectivity index (χ4v) is 1.98. The number of hydrogen-bond donors (Lipinski definition) is 1. The minimum absolute atomic E-state index is 0.123. The van der Waals surface area contributed by atoms with Gasteiger partial charge in [-0.3, -0.25) is 0 Å². The molecule has 5 heteroatoms. The minimum atomic E-state index is -0.653. The van der Waals surface area contributed by atoms with Gasteiger partial charge in [0.25, 0.3) is 0 Å². The molecular formula is C10H13F2N3. The van der Waals surface area contributed by atoms with Crippen LogP contribution in [-0.2, 0) is 0 Å². The van der Waals surface area contributed by atoms with E-state index in [1.807, 2.05) is 4.90 Å². The summed E-state index contributed by atoms with van der Waals surface area (Å²) in [6, 6.07) is 0.978. The average Bonchev–Trinajstić information content (AvgIpc) is 2.65. The molecule has 1 aromatic heterocycles. The summed E-state index contributed by atoms with van der Waals surface area (Å²) in [4.78, 5) is 5.59. The molecule has 0 saturated carbocycles.